The van der Waals surface area contributed by atoms with Gasteiger partial charge in [-0.15, -0.1) is 0 Å². The van der Waals surface area contributed by atoms with E-state index in [1.807, 2.05) is 0 Å². The molecule has 1 atom stereocenters. The van der Waals surface area contributed by atoms with Gasteiger partial charge in [0.25, 0.3) is 0 Å². The van der Waals surface area contributed by atoms with Crippen LogP contribution in [0.25, 0.3) is 6.08 Å². The van der Waals surface area contributed by atoms with Crippen LogP contribution in [0.15, 0.2) is 24.3 Å². The van der Waals surface area contributed by atoms with E-state index in [2.05, 4.69) is 0 Å². The van der Waals surface area contributed by atoms with E-state index in [1.54, 1.807) is 29.2 Å². The van der Waals surface area contributed by atoms with Gasteiger partial charge in [-0.05, 0) is 30.2 Å². The average molecular weight is 286 g/mol. The maximum atomic E-state index is 11.8. The molecule has 1 aromatic carbocycles. The number of likely N-dealkylation sites (tertiary alicyclic amines) is 1. The van der Waals surface area contributed by atoms with Crippen LogP contribution >= 0.6 is 23.2 Å². The number of aliphatic hydroxyl groups excluding tert-OH is 1. The van der Waals surface area contributed by atoms with E-state index < -0.39 is 6.10 Å². The standard InChI is InChI=1S/C13H13Cl2NO2/c14-11-3-1-9(7-12(11)15)2-4-13(18)16-6-5-10(17)8-16/h1-4,7,10,17H,5-6,8H2/t10-/m1/s1. The number of benzene rings is 1. The molecule has 3 nitrogen and oxygen atoms in total. The molecule has 96 valence electrons. The lowest BCUT2D eigenvalue weighted by Crippen LogP contribution is -2.27. The molecular formula is C13H13Cl2NO2. The van der Waals surface area contributed by atoms with Gasteiger partial charge in [-0.3, -0.25) is 4.79 Å². The third kappa shape index (κ3) is 3.25. The molecule has 1 aromatic rings. The van der Waals surface area contributed by atoms with Crippen LogP contribution in [0.2, 0.25) is 10.0 Å². The highest BCUT2D eigenvalue weighted by Crippen LogP contribution is 2.23. The maximum absolute atomic E-state index is 11.8. The Bertz CT molecular complexity index is 488. The van der Waals surface area contributed by atoms with Gasteiger partial charge < -0.3 is 10.0 Å². The third-order valence-electron chi connectivity index (χ3n) is 2.84. The van der Waals surface area contributed by atoms with Crippen molar-refractivity contribution in [2.45, 2.75) is 12.5 Å². The van der Waals surface area contributed by atoms with Crippen molar-refractivity contribution in [3.63, 3.8) is 0 Å². The molecule has 1 fully saturated rings. The largest absolute Gasteiger partial charge is 0.391 e. The second kappa shape index (κ2) is 5.74. The second-order valence-corrected chi connectivity index (χ2v) is 5.05. The molecule has 5 heteroatoms. The van der Waals surface area contributed by atoms with Crippen LogP contribution in [0.5, 0.6) is 0 Å². The molecular weight excluding hydrogens is 273 g/mol. The lowest BCUT2D eigenvalue weighted by Gasteiger charge is -2.12. The van der Waals surface area contributed by atoms with E-state index in [9.17, 15) is 9.90 Å². The number of carbonyl (C=O) groups is 1. The molecule has 1 heterocycles. The van der Waals surface area contributed by atoms with Crippen molar-refractivity contribution in [3.8, 4) is 0 Å². The summed E-state index contributed by atoms with van der Waals surface area (Å²) in [4.78, 5) is 13.4. The first kappa shape index (κ1) is 13.4. The highest BCUT2D eigenvalue weighted by Gasteiger charge is 2.22. The molecule has 0 aromatic heterocycles. The summed E-state index contributed by atoms with van der Waals surface area (Å²) >= 11 is 11.7. The first-order chi connectivity index (χ1) is 8.56. The number of hydrogen-bond donors (Lipinski definition) is 1. The van der Waals surface area contributed by atoms with Crippen LogP contribution in [-0.2, 0) is 4.79 Å². The fraction of sp³-hybridized carbons (Fsp3) is 0.308. The van der Waals surface area contributed by atoms with Gasteiger partial charge in [-0.25, -0.2) is 0 Å². The van der Waals surface area contributed by atoms with Gasteiger partial charge >= 0.3 is 0 Å². The molecule has 0 aliphatic carbocycles. The summed E-state index contributed by atoms with van der Waals surface area (Å²) in [6.07, 6.45) is 3.42. The zero-order valence-corrected chi connectivity index (χ0v) is 11.2. The smallest absolute Gasteiger partial charge is 0.246 e. The van der Waals surface area contributed by atoms with Gasteiger partial charge in [0.05, 0.1) is 16.1 Å². The molecule has 0 bridgehead atoms. The highest BCUT2D eigenvalue weighted by molar-refractivity contribution is 6.42. The predicted octanol–water partition coefficient (Wildman–Crippen LogP) is 2.60. The normalized spacial score (nSPS) is 19.7. The van der Waals surface area contributed by atoms with Crippen LogP contribution in [0.1, 0.15) is 12.0 Å². The summed E-state index contributed by atoms with van der Waals surface area (Å²) in [6.45, 7) is 1.01. The zero-order chi connectivity index (χ0) is 13.1. The van der Waals surface area contributed by atoms with Crippen LogP contribution in [0.3, 0.4) is 0 Å². The summed E-state index contributed by atoms with van der Waals surface area (Å²) in [5, 5.41) is 10.3. The number of β-amino-alcohol motifs (C(OH)–C–C–N with tert-alkyl or cyclic N) is 1. The van der Waals surface area contributed by atoms with Crippen LogP contribution in [-0.4, -0.2) is 35.1 Å². The number of carbonyl (C=O) groups excluding carboxylic acids is 1. The quantitative estimate of drug-likeness (QED) is 0.849. The molecule has 0 unspecified atom stereocenters. The van der Waals surface area contributed by atoms with Crippen LogP contribution < -0.4 is 0 Å². The van der Waals surface area contributed by atoms with Crippen molar-refractivity contribution in [2.75, 3.05) is 13.1 Å². The monoisotopic (exact) mass is 285 g/mol. The fourth-order valence-corrected chi connectivity index (χ4v) is 2.14. The summed E-state index contributed by atoms with van der Waals surface area (Å²) in [6, 6.07) is 5.18. The first-order valence-electron chi connectivity index (χ1n) is 5.66. The molecule has 0 spiro atoms. The van der Waals surface area contributed by atoms with Gasteiger partial charge in [-0.1, -0.05) is 29.3 Å². The third-order valence-corrected chi connectivity index (χ3v) is 3.58. The second-order valence-electron chi connectivity index (χ2n) is 4.23. The zero-order valence-electron chi connectivity index (χ0n) is 9.64. The van der Waals surface area contributed by atoms with E-state index in [1.165, 1.54) is 6.08 Å². The molecule has 18 heavy (non-hydrogen) atoms. The van der Waals surface area contributed by atoms with Crippen molar-refractivity contribution in [3.05, 3.63) is 39.9 Å². The number of amides is 1. The Hall–Kier alpha value is -1.03. The Morgan fingerprint density at radius 1 is 1.39 bits per heavy atom. The minimum absolute atomic E-state index is 0.0994. The van der Waals surface area contributed by atoms with Gasteiger partial charge in [0.2, 0.25) is 5.91 Å². The van der Waals surface area contributed by atoms with E-state index in [0.717, 1.165) is 5.56 Å². The lowest BCUT2D eigenvalue weighted by molar-refractivity contribution is -0.125. The number of hydrogen-bond acceptors (Lipinski definition) is 2. The maximum Gasteiger partial charge on any atom is 0.246 e. The van der Waals surface area contributed by atoms with Crippen molar-refractivity contribution in [2.24, 2.45) is 0 Å². The van der Waals surface area contributed by atoms with Gasteiger partial charge in [0.15, 0.2) is 0 Å². The number of aliphatic hydroxyl groups is 1. The van der Waals surface area contributed by atoms with Gasteiger partial charge in [0, 0.05) is 19.2 Å². The SMILES string of the molecule is O=C(C=Cc1ccc(Cl)c(Cl)c1)N1CC[C@@H](O)C1. The molecule has 1 amide bonds. The number of nitrogens with zero attached hydrogens (tertiary/aromatic N) is 1. The lowest BCUT2D eigenvalue weighted by atomic mass is 10.2. The average Bonchev–Trinajstić information content (AvgIpc) is 2.77. The Morgan fingerprint density at radius 2 is 2.17 bits per heavy atom. The number of rotatable bonds is 2. The first-order valence-corrected chi connectivity index (χ1v) is 6.42. The predicted molar refractivity (Wildman–Crippen MR) is 72.7 cm³/mol. The topological polar surface area (TPSA) is 40.5 Å². The van der Waals surface area contributed by atoms with E-state index >= 15 is 0 Å². The molecule has 1 aliphatic rings. The summed E-state index contributed by atoms with van der Waals surface area (Å²) in [5.41, 5.74) is 0.817. The Labute approximate surface area is 116 Å². The Morgan fingerprint density at radius 3 is 2.78 bits per heavy atom. The summed E-state index contributed by atoms with van der Waals surface area (Å²) in [5.74, 6) is -0.0994. The van der Waals surface area contributed by atoms with Crippen molar-refractivity contribution < 1.29 is 9.90 Å². The van der Waals surface area contributed by atoms with Crippen molar-refractivity contribution >= 4 is 35.2 Å². The summed E-state index contributed by atoms with van der Waals surface area (Å²) < 4.78 is 0. The van der Waals surface area contributed by atoms with Crippen molar-refractivity contribution in [1.82, 2.24) is 4.90 Å². The minimum atomic E-state index is -0.396. The molecule has 0 radical (unpaired) electrons. The summed E-state index contributed by atoms with van der Waals surface area (Å²) in [7, 11) is 0. The van der Waals surface area contributed by atoms with E-state index in [0.29, 0.717) is 29.6 Å². The minimum Gasteiger partial charge on any atom is -0.391 e. The van der Waals surface area contributed by atoms with Crippen LogP contribution in [0.4, 0.5) is 0 Å². The van der Waals surface area contributed by atoms with E-state index in [4.69, 9.17) is 23.2 Å². The van der Waals surface area contributed by atoms with E-state index in [-0.39, 0.29) is 5.91 Å². The fourth-order valence-electron chi connectivity index (χ4n) is 1.83. The van der Waals surface area contributed by atoms with Crippen molar-refractivity contribution in [1.29, 1.82) is 0 Å². The molecule has 1 saturated heterocycles. The highest BCUT2D eigenvalue weighted by atomic mass is 35.5. The Balaban J connectivity index is 2.02. The molecule has 1 aliphatic heterocycles. The van der Waals surface area contributed by atoms with Gasteiger partial charge in [0.1, 0.15) is 0 Å². The molecule has 0 saturated carbocycles. The molecule has 1 N–H and O–H groups in total. The Kier molecular flexibility index (Phi) is 4.27. The van der Waals surface area contributed by atoms with Gasteiger partial charge in [-0.2, -0.15) is 0 Å². The molecule has 2 rings (SSSR count). The van der Waals surface area contributed by atoms with Crippen LogP contribution in [0, 0.1) is 0 Å². The number of halogens is 2.